The van der Waals surface area contributed by atoms with E-state index in [1.165, 1.54) is 58.4 Å². The van der Waals surface area contributed by atoms with Gasteiger partial charge in [0.25, 0.3) is 0 Å². The van der Waals surface area contributed by atoms with Crippen LogP contribution in [0.2, 0.25) is 0 Å². The van der Waals surface area contributed by atoms with Gasteiger partial charge < -0.3 is 0 Å². The van der Waals surface area contributed by atoms with Gasteiger partial charge >= 0.3 is 0 Å². The van der Waals surface area contributed by atoms with E-state index in [4.69, 9.17) is 4.98 Å². The van der Waals surface area contributed by atoms with Crippen molar-refractivity contribution in [3.8, 4) is 0 Å². The second-order valence-electron chi connectivity index (χ2n) is 6.37. The number of rotatable bonds is 1. The zero-order valence-electron chi connectivity index (χ0n) is 11.5. The van der Waals surface area contributed by atoms with Crippen molar-refractivity contribution in [2.75, 3.05) is 13.1 Å². The SMILES string of the molecule is C1=CCC2=c3nc([C@@H]4C[C@@H]5CCCN5C4)sc3=CC2=C1. The Balaban J connectivity index is 1.53. The molecule has 0 aromatic carbocycles. The highest BCUT2D eigenvalue weighted by Crippen LogP contribution is 2.37. The topological polar surface area (TPSA) is 16.1 Å². The largest absolute Gasteiger partial charge is 0.300 e. The number of aromatic nitrogens is 1. The predicted octanol–water partition coefficient (Wildman–Crippen LogP) is 1.93. The minimum absolute atomic E-state index is 0.691. The zero-order valence-corrected chi connectivity index (χ0v) is 12.3. The van der Waals surface area contributed by atoms with E-state index >= 15 is 0 Å². The molecule has 3 heterocycles. The number of hydrogen-bond acceptors (Lipinski definition) is 3. The summed E-state index contributed by atoms with van der Waals surface area (Å²) in [6.07, 6.45) is 14.2. The molecule has 1 aromatic heterocycles. The highest BCUT2D eigenvalue weighted by atomic mass is 32.1. The van der Waals surface area contributed by atoms with E-state index in [-0.39, 0.29) is 0 Å². The normalized spacial score (nSPS) is 31.0. The molecule has 0 amide bonds. The van der Waals surface area contributed by atoms with Crippen LogP contribution >= 0.6 is 11.3 Å². The molecule has 2 atom stereocenters. The summed E-state index contributed by atoms with van der Waals surface area (Å²) in [5.41, 5.74) is 2.84. The third kappa shape index (κ3) is 1.57. The van der Waals surface area contributed by atoms with E-state index in [2.05, 4.69) is 29.2 Å². The fraction of sp³-hybridized carbons (Fsp3) is 0.471. The van der Waals surface area contributed by atoms with Crippen LogP contribution in [0.5, 0.6) is 0 Å². The lowest BCUT2D eigenvalue weighted by molar-refractivity contribution is 0.322. The Labute approximate surface area is 122 Å². The zero-order chi connectivity index (χ0) is 13.1. The minimum atomic E-state index is 0.691. The molecule has 0 radical (unpaired) electrons. The molecular weight excluding hydrogens is 264 g/mol. The lowest BCUT2D eigenvalue weighted by atomic mass is 10.0. The van der Waals surface area contributed by atoms with Gasteiger partial charge in [0.15, 0.2) is 0 Å². The van der Waals surface area contributed by atoms with Gasteiger partial charge in [0.1, 0.15) is 0 Å². The molecule has 0 unspecified atom stereocenters. The Kier molecular flexibility index (Phi) is 2.38. The lowest BCUT2D eigenvalue weighted by Crippen LogP contribution is -2.22. The van der Waals surface area contributed by atoms with Crippen molar-refractivity contribution >= 4 is 23.0 Å². The standard InChI is InChI=1S/C17H18N2S/c1-2-6-14-11(4-1)9-15-16(14)18-17(20-15)12-8-13-5-3-7-19(13)10-12/h1-2,4,9,12-13H,3,5-8,10H2/t12-,13+/m1/s1. The second-order valence-corrected chi connectivity index (χ2v) is 7.43. The van der Waals surface area contributed by atoms with Crippen molar-refractivity contribution in [2.24, 2.45) is 0 Å². The van der Waals surface area contributed by atoms with E-state index in [1.54, 1.807) is 0 Å². The Morgan fingerprint density at radius 1 is 1.35 bits per heavy atom. The molecule has 2 aliphatic heterocycles. The molecule has 2 saturated heterocycles. The molecule has 5 rings (SSSR count). The van der Waals surface area contributed by atoms with Gasteiger partial charge in [0, 0.05) is 18.5 Å². The summed E-state index contributed by atoms with van der Waals surface area (Å²) >= 11 is 1.94. The Hall–Kier alpha value is -1.19. The van der Waals surface area contributed by atoms with Crippen LogP contribution in [-0.4, -0.2) is 29.0 Å². The average Bonchev–Trinajstić information content (AvgIpc) is 3.16. The molecule has 20 heavy (non-hydrogen) atoms. The smallest absolute Gasteiger partial charge is 0.0983 e. The maximum Gasteiger partial charge on any atom is 0.0983 e. The van der Waals surface area contributed by atoms with Crippen molar-refractivity contribution in [3.05, 3.63) is 38.7 Å². The fourth-order valence-corrected chi connectivity index (χ4v) is 5.34. The van der Waals surface area contributed by atoms with E-state index in [0.717, 1.165) is 12.5 Å². The van der Waals surface area contributed by atoms with Crippen LogP contribution in [0.25, 0.3) is 11.6 Å². The molecule has 0 bridgehead atoms. The Bertz CT molecular complexity index is 740. The van der Waals surface area contributed by atoms with E-state index < -0.39 is 0 Å². The fourth-order valence-electron chi connectivity index (χ4n) is 4.19. The first-order chi connectivity index (χ1) is 9.88. The first-order valence-electron chi connectivity index (χ1n) is 7.71. The van der Waals surface area contributed by atoms with Crippen molar-refractivity contribution < 1.29 is 0 Å². The van der Waals surface area contributed by atoms with Crippen molar-refractivity contribution in [3.63, 3.8) is 0 Å². The summed E-state index contributed by atoms with van der Waals surface area (Å²) < 4.78 is 1.40. The van der Waals surface area contributed by atoms with Gasteiger partial charge in [-0.1, -0.05) is 18.2 Å². The van der Waals surface area contributed by atoms with Crippen LogP contribution < -0.4 is 9.88 Å². The van der Waals surface area contributed by atoms with Gasteiger partial charge in [-0.3, -0.25) is 4.90 Å². The van der Waals surface area contributed by atoms with Crippen LogP contribution in [0.1, 0.15) is 36.6 Å². The molecule has 2 nitrogen and oxygen atoms in total. The maximum atomic E-state index is 5.03. The van der Waals surface area contributed by atoms with Crippen LogP contribution in [0.15, 0.2) is 23.8 Å². The summed E-state index contributed by atoms with van der Waals surface area (Å²) in [5, 5.41) is 2.68. The average molecular weight is 282 g/mol. The van der Waals surface area contributed by atoms with Gasteiger partial charge in [0.2, 0.25) is 0 Å². The van der Waals surface area contributed by atoms with Crippen LogP contribution in [0, 0.1) is 0 Å². The van der Waals surface area contributed by atoms with Gasteiger partial charge in [-0.2, -0.15) is 0 Å². The number of allylic oxidation sites excluding steroid dienone is 4. The molecule has 2 aliphatic carbocycles. The summed E-state index contributed by atoms with van der Waals surface area (Å²) in [6, 6.07) is 0.850. The van der Waals surface area contributed by atoms with Crippen molar-refractivity contribution in [2.45, 2.75) is 37.6 Å². The van der Waals surface area contributed by atoms with Crippen LogP contribution in [-0.2, 0) is 0 Å². The second kappa shape index (κ2) is 4.15. The number of fused-ring (bicyclic) bond motifs is 3. The molecule has 4 aliphatic rings. The van der Waals surface area contributed by atoms with Gasteiger partial charge in [0.05, 0.1) is 14.9 Å². The van der Waals surface area contributed by atoms with Gasteiger partial charge in [-0.15, -0.1) is 11.3 Å². The Morgan fingerprint density at radius 2 is 2.35 bits per heavy atom. The first-order valence-corrected chi connectivity index (χ1v) is 8.53. The Morgan fingerprint density at radius 3 is 3.30 bits per heavy atom. The predicted molar refractivity (Wildman–Crippen MR) is 83.0 cm³/mol. The molecule has 0 saturated carbocycles. The van der Waals surface area contributed by atoms with E-state index in [1.807, 2.05) is 11.3 Å². The minimum Gasteiger partial charge on any atom is -0.300 e. The molecule has 0 spiro atoms. The summed E-state index contributed by atoms with van der Waals surface area (Å²) in [6.45, 7) is 2.56. The van der Waals surface area contributed by atoms with Crippen LogP contribution in [0.4, 0.5) is 0 Å². The quantitative estimate of drug-likeness (QED) is 0.782. The lowest BCUT2D eigenvalue weighted by Gasteiger charge is -2.12. The third-order valence-electron chi connectivity index (χ3n) is 5.18. The highest BCUT2D eigenvalue weighted by molar-refractivity contribution is 7.09. The highest BCUT2D eigenvalue weighted by Gasteiger charge is 2.37. The van der Waals surface area contributed by atoms with Gasteiger partial charge in [-0.25, -0.2) is 4.98 Å². The summed E-state index contributed by atoms with van der Waals surface area (Å²) in [4.78, 5) is 7.72. The number of nitrogens with zero attached hydrogens (tertiary/aromatic N) is 2. The summed E-state index contributed by atoms with van der Waals surface area (Å²) in [7, 11) is 0. The molecule has 3 heteroatoms. The first kappa shape index (κ1) is 11.5. The maximum absolute atomic E-state index is 5.03. The van der Waals surface area contributed by atoms with E-state index in [9.17, 15) is 0 Å². The molecular formula is C17H18N2S. The molecule has 0 N–H and O–H groups in total. The monoisotopic (exact) mass is 282 g/mol. The van der Waals surface area contributed by atoms with Crippen molar-refractivity contribution in [1.29, 1.82) is 0 Å². The molecule has 2 fully saturated rings. The van der Waals surface area contributed by atoms with Gasteiger partial charge in [-0.05, 0) is 49.5 Å². The summed E-state index contributed by atoms with van der Waals surface area (Å²) in [5.74, 6) is 0.691. The third-order valence-corrected chi connectivity index (χ3v) is 6.35. The van der Waals surface area contributed by atoms with Crippen LogP contribution in [0.3, 0.4) is 0 Å². The number of hydrogen-bond donors (Lipinski definition) is 0. The number of thiazole rings is 1. The van der Waals surface area contributed by atoms with E-state index in [0.29, 0.717) is 5.92 Å². The molecule has 1 aromatic rings. The van der Waals surface area contributed by atoms with Crippen molar-refractivity contribution in [1.82, 2.24) is 9.88 Å². The molecule has 102 valence electrons.